The molecule has 0 bridgehead atoms. The highest BCUT2D eigenvalue weighted by atomic mass is 80.0. The molecule has 6 heteroatoms. The molecule has 0 atom stereocenters. The van der Waals surface area contributed by atoms with Crippen LogP contribution in [0, 0.1) is 0 Å². The second kappa shape index (κ2) is 4.69. The van der Waals surface area contributed by atoms with E-state index in [-0.39, 0.29) is 19.1 Å². The number of aliphatic hydroxyl groups excluding tert-OH is 1. The molecule has 0 aromatic carbocycles. The van der Waals surface area contributed by atoms with Crippen LogP contribution < -0.4 is 5.32 Å². The standard InChI is InChI=1S/C4H6Br3NO2/c5-4(6,7)3(10)8-1-2-9/h9H,1-2H2,(H,8,10). The van der Waals surface area contributed by atoms with Crippen molar-refractivity contribution in [3.05, 3.63) is 0 Å². The average Bonchev–Trinajstić information content (AvgIpc) is 1.80. The molecule has 3 nitrogen and oxygen atoms in total. The average molecular weight is 340 g/mol. The first-order valence-corrected chi connectivity index (χ1v) is 4.82. The highest BCUT2D eigenvalue weighted by molar-refractivity contribution is 9.40. The highest BCUT2D eigenvalue weighted by Gasteiger charge is 2.27. The minimum Gasteiger partial charge on any atom is -0.395 e. The minimum absolute atomic E-state index is 0.0607. The number of amides is 1. The topological polar surface area (TPSA) is 49.3 Å². The van der Waals surface area contributed by atoms with Gasteiger partial charge in [-0.2, -0.15) is 0 Å². The Bertz CT molecular complexity index is 122. The first-order valence-electron chi connectivity index (χ1n) is 2.44. The van der Waals surface area contributed by atoms with E-state index in [1.54, 1.807) is 0 Å². The van der Waals surface area contributed by atoms with E-state index < -0.39 is 2.14 Å². The molecule has 2 N–H and O–H groups in total. The van der Waals surface area contributed by atoms with Crippen LogP contribution in [-0.2, 0) is 4.79 Å². The molecule has 0 heterocycles. The Kier molecular flexibility index (Phi) is 5.10. The number of hydrogen-bond acceptors (Lipinski definition) is 2. The van der Waals surface area contributed by atoms with Gasteiger partial charge in [0, 0.05) is 6.54 Å². The van der Waals surface area contributed by atoms with Crippen molar-refractivity contribution in [3.8, 4) is 0 Å². The molecule has 0 saturated heterocycles. The van der Waals surface area contributed by atoms with Crippen molar-refractivity contribution in [2.75, 3.05) is 13.2 Å². The molecule has 0 aromatic heterocycles. The van der Waals surface area contributed by atoms with Gasteiger partial charge in [0.1, 0.15) is 0 Å². The number of rotatable bonds is 2. The van der Waals surface area contributed by atoms with E-state index in [0.717, 1.165) is 0 Å². The number of halogens is 3. The Morgan fingerprint density at radius 1 is 1.50 bits per heavy atom. The maximum atomic E-state index is 10.9. The van der Waals surface area contributed by atoms with Crippen LogP contribution in [0.25, 0.3) is 0 Å². The molecule has 1 amide bonds. The van der Waals surface area contributed by atoms with Crippen LogP contribution in [0.5, 0.6) is 0 Å². The maximum absolute atomic E-state index is 10.9. The van der Waals surface area contributed by atoms with Gasteiger partial charge in [-0.3, -0.25) is 4.79 Å². The van der Waals surface area contributed by atoms with Gasteiger partial charge in [0.05, 0.1) is 6.61 Å². The molecule has 0 aliphatic rings. The number of carbonyl (C=O) groups is 1. The summed E-state index contributed by atoms with van der Waals surface area (Å²) in [5.41, 5.74) is 0. The van der Waals surface area contributed by atoms with Gasteiger partial charge in [0.15, 0.2) is 0 Å². The third-order valence-corrected chi connectivity index (χ3v) is 1.74. The maximum Gasteiger partial charge on any atom is 0.258 e. The van der Waals surface area contributed by atoms with E-state index in [9.17, 15) is 4.79 Å². The van der Waals surface area contributed by atoms with E-state index in [1.807, 2.05) is 0 Å². The molecule has 0 rings (SSSR count). The lowest BCUT2D eigenvalue weighted by molar-refractivity contribution is -0.119. The SMILES string of the molecule is O=C(NCCO)C(Br)(Br)Br. The molecule has 0 saturated carbocycles. The summed E-state index contributed by atoms with van der Waals surface area (Å²) < 4.78 is -0.915. The summed E-state index contributed by atoms with van der Waals surface area (Å²) in [5, 5.41) is 10.8. The van der Waals surface area contributed by atoms with Gasteiger partial charge in [-0.05, 0) is 47.8 Å². The van der Waals surface area contributed by atoms with Crippen LogP contribution in [0.2, 0.25) is 0 Å². The lowest BCUT2D eigenvalue weighted by Gasteiger charge is -2.10. The summed E-state index contributed by atoms with van der Waals surface area (Å²) in [6.07, 6.45) is 0. The Morgan fingerprint density at radius 3 is 2.30 bits per heavy atom. The van der Waals surface area contributed by atoms with Gasteiger partial charge in [0.25, 0.3) is 5.91 Å². The molecule has 10 heavy (non-hydrogen) atoms. The molecule has 0 spiro atoms. The van der Waals surface area contributed by atoms with Crippen LogP contribution in [-0.4, -0.2) is 26.3 Å². The lowest BCUT2D eigenvalue weighted by Crippen LogP contribution is -2.35. The Balaban J connectivity index is 3.64. The quantitative estimate of drug-likeness (QED) is 0.735. The smallest absolute Gasteiger partial charge is 0.258 e. The molecular weight excluding hydrogens is 334 g/mol. The molecule has 0 fully saturated rings. The van der Waals surface area contributed by atoms with Crippen molar-refractivity contribution in [1.29, 1.82) is 0 Å². The summed E-state index contributed by atoms with van der Waals surface area (Å²) in [7, 11) is 0. The van der Waals surface area contributed by atoms with Gasteiger partial charge < -0.3 is 10.4 Å². The van der Waals surface area contributed by atoms with Crippen LogP contribution in [0.15, 0.2) is 0 Å². The van der Waals surface area contributed by atoms with Crippen LogP contribution in [0.1, 0.15) is 0 Å². The van der Waals surface area contributed by atoms with Crippen LogP contribution in [0.3, 0.4) is 0 Å². The fourth-order valence-corrected chi connectivity index (χ4v) is 0.690. The Labute approximate surface area is 83.9 Å². The zero-order chi connectivity index (χ0) is 8.20. The number of nitrogens with one attached hydrogen (secondary N) is 1. The lowest BCUT2D eigenvalue weighted by atomic mass is 10.6. The molecule has 0 unspecified atom stereocenters. The van der Waals surface area contributed by atoms with Crippen molar-refractivity contribution in [3.63, 3.8) is 0 Å². The van der Waals surface area contributed by atoms with Gasteiger partial charge in [-0.1, -0.05) is 0 Å². The van der Waals surface area contributed by atoms with E-state index >= 15 is 0 Å². The third kappa shape index (κ3) is 4.65. The fourth-order valence-electron chi connectivity index (χ4n) is 0.270. The molecule has 60 valence electrons. The van der Waals surface area contributed by atoms with Crippen molar-refractivity contribution in [1.82, 2.24) is 5.32 Å². The molecule has 0 radical (unpaired) electrons. The van der Waals surface area contributed by atoms with Gasteiger partial charge in [0.2, 0.25) is 2.14 Å². The molecule has 0 aliphatic heterocycles. The summed E-state index contributed by atoms with van der Waals surface area (Å²) >= 11 is 9.04. The number of aliphatic hydroxyl groups is 1. The van der Waals surface area contributed by atoms with Crippen LogP contribution in [0.4, 0.5) is 0 Å². The van der Waals surface area contributed by atoms with Gasteiger partial charge >= 0.3 is 0 Å². The van der Waals surface area contributed by atoms with Crippen molar-refractivity contribution in [2.24, 2.45) is 0 Å². The largest absolute Gasteiger partial charge is 0.395 e. The van der Waals surface area contributed by atoms with Crippen molar-refractivity contribution in [2.45, 2.75) is 2.14 Å². The van der Waals surface area contributed by atoms with Gasteiger partial charge in [-0.15, -0.1) is 0 Å². The normalized spacial score (nSPS) is 11.2. The van der Waals surface area contributed by atoms with Crippen LogP contribution >= 0.6 is 47.8 Å². The predicted octanol–water partition coefficient (Wildman–Crippen LogP) is 0.933. The van der Waals surface area contributed by atoms with E-state index in [0.29, 0.717) is 0 Å². The minimum atomic E-state index is -0.915. The number of alkyl halides is 3. The zero-order valence-electron chi connectivity index (χ0n) is 4.90. The zero-order valence-corrected chi connectivity index (χ0v) is 9.66. The van der Waals surface area contributed by atoms with Crippen molar-refractivity contribution < 1.29 is 9.90 Å². The number of hydrogen-bond donors (Lipinski definition) is 2. The summed E-state index contributed by atoms with van der Waals surface area (Å²) in [4.78, 5) is 10.9. The van der Waals surface area contributed by atoms with E-state index in [1.165, 1.54) is 0 Å². The second-order valence-corrected chi connectivity index (χ2v) is 8.24. The molecule has 0 aromatic rings. The van der Waals surface area contributed by atoms with Crippen molar-refractivity contribution >= 4 is 53.7 Å². The monoisotopic (exact) mass is 337 g/mol. The Morgan fingerprint density at radius 2 is 2.00 bits per heavy atom. The summed E-state index contributed by atoms with van der Waals surface area (Å²) in [6, 6.07) is 0. The summed E-state index contributed by atoms with van der Waals surface area (Å²) in [6.45, 7) is 0.193. The third-order valence-electron chi connectivity index (χ3n) is 0.655. The second-order valence-electron chi connectivity index (χ2n) is 1.48. The first-order chi connectivity index (χ1) is 4.48. The fraction of sp³-hybridized carbons (Fsp3) is 0.750. The first kappa shape index (κ1) is 10.9. The molecule has 0 aliphatic carbocycles. The molecular formula is C4H6Br3NO2. The predicted molar refractivity (Wildman–Crippen MR) is 49.6 cm³/mol. The van der Waals surface area contributed by atoms with E-state index in [2.05, 4.69) is 53.1 Å². The Hall–Kier alpha value is 0.870. The van der Waals surface area contributed by atoms with Gasteiger partial charge in [-0.25, -0.2) is 0 Å². The summed E-state index contributed by atoms with van der Waals surface area (Å²) in [5.74, 6) is -0.276. The van der Waals surface area contributed by atoms with E-state index in [4.69, 9.17) is 5.11 Å². The highest BCUT2D eigenvalue weighted by Crippen LogP contribution is 2.33. The number of carbonyl (C=O) groups excluding carboxylic acids is 1.